The molecule has 15 heavy (non-hydrogen) atoms. The Bertz CT molecular complexity index is 366. The van der Waals surface area contributed by atoms with E-state index in [0.29, 0.717) is 17.9 Å². The first-order chi connectivity index (χ1) is 7.16. The van der Waals surface area contributed by atoms with Crippen molar-refractivity contribution in [3.63, 3.8) is 0 Å². The Morgan fingerprint density at radius 1 is 1.67 bits per heavy atom. The van der Waals surface area contributed by atoms with E-state index in [-0.39, 0.29) is 5.76 Å². The lowest BCUT2D eigenvalue weighted by atomic mass is 10.2. The number of carboxylic acid groups (broad SMARTS) is 1. The summed E-state index contributed by atoms with van der Waals surface area (Å²) < 4.78 is 5.22. The Morgan fingerprint density at radius 3 is 2.93 bits per heavy atom. The second-order valence-corrected chi connectivity index (χ2v) is 4.10. The van der Waals surface area contributed by atoms with Gasteiger partial charge in [-0.1, -0.05) is 0 Å². The highest BCUT2D eigenvalue weighted by Crippen LogP contribution is 2.27. The Labute approximate surface area is 88.3 Å². The zero-order valence-electron chi connectivity index (χ0n) is 8.75. The lowest BCUT2D eigenvalue weighted by molar-refractivity contribution is 0.0659. The summed E-state index contributed by atoms with van der Waals surface area (Å²) in [6.45, 7) is 3.37. The summed E-state index contributed by atoms with van der Waals surface area (Å²) in [5.41, 5.74) is 0.686. The van der Waals surface area contributed by atoms with Crippen molar-refractivity contribution in [2.75, 3.05) is 6.54 Å². The molecule has 1 fully saturated rings. The highest BCUT2D eigenvalue weighted by atomic mass is 16.4. The summed E-state index contributed by atoms with van der Waals surface area (Å²) in [6.07, 6.45) is 2.62. The highest BCUT2D eigenvalue weighted by Gasteiger charge is 2.20. The Kier molecular flexibility index (Phi) is 2.77. The van der Waals surface area contributed by atoms with Crippen LogP contribution in [0.1, 0.15) is 34.7 Å². The predicted octanol–water partition coefficient (Wildman–Crippen LogP) is 1.79. The molecule has 0 aromatic carbocycles. The molecule has 1 aliphatic carbocycles. The standard InChI is InChI=1S/C11H15NO3/c1-7-4-9(15-10(7)11(13)14)6-12-5-8-2-3-8/h4,8,12H,2-3,5-6H2,1H3,(H,13,14). The molecule has 2 N–H and O–H groups in total. The summed E-state index contributed by atoms with van der Waals surface area (Å²) >= 11 is 0. The first-order valence-corrected chi connectivity index (χ1v) is 5.20. The molecule has 1 aromatic rings. The number of aromatic carboxylic acids is 1. The number of carbonyl (C=O) groups is 1. The Morgan fingerprint density at radius 2 is 2.40 bits per heavy atom. The van der Waals surface area contributed by atoms with Crippen molar-refractivity contribution in [1.82, 2.24) is 5.32 Å². The fraction of sp³-hybridized carbons (Fsp3) is 0.545. The van der Waals surface area contributed by atoms with E-state index in [1.807, 2.05) is 0 Å². The van der Waals surface area contributed by atoms with Gasteiger partial charge >= 0.3 is 5.97 Å². The molecule has 4 heteroatoms. The van der Waals surface area contributed by atoms with Crippen LogP contribution < -0.4 is 5.32 Å². The fourth-order valence-electron chi connectivity index (χ4n) is 1.57. The van der Waals surface area contributed by atoms with Gasteiger partial charge in [-0.05, 0) is 38.3 Å². The maximum Gasteiger partial charge on any atom is 0.372 e. The quantitative estimate of drug-likeness (QED) is 0.776. The molecule has 1 heterocycles. The normalized spacial score (nSPS) is 15.5. The van der Waals surface area contributed by atoms with Gasteiger partial charge in [-0.15, -0.1) is 0 Å². The molecule has 0 radical (unpaired) electrons. The van der Waals surface area contributed by atoms with Crippen LogP contribution in [0.15, 0.2) is 10.5 Å². The predicted molar refractivity (Wildman–Crippen MR) is 54.8 cm³/mol. The molecule has 4 nitrogen and oxygen atoms in total. The first-order valence-electron chi connectivity index (χ1n) is 5.20. The minimum Gasteiger partial charge on any atom is -0.475 e. The molecule has 1 saturated carbocycles. The lowest BCUT2D eigenvalue weighted by Gasteiger charge is -1.99. The van der Waals surface area contributed by atoms with E-state index in [1.165, 1.54) is 12.8 Å². The van der Waals surface area contributed by atoms with Gasteiger partial charge in [-0.2, -0.15) is 0 Å². The van der Waals surface area contributed by atoms with Gasteiger partial charge in [-0.3, -0.25) is 0 Å². The van der Waals surface area contributed by atoms with Gasteiger partial charge in [0.1, 0.15) is 5.76 Å². The minimum absolute atomic E-state index is 0.0539. The zero-order valence-corrected chi connectivity index (χ0v) is 8.75. The van der Waals surface area contributed by atoms with Crippen LogP contribution in [0.3, 0.4) is 0 Å². The molecule has 0 atom stereocenters. The second-order valence-electron chi connectivity index (χ2n) is 4.10. The molecule has 2 rings (SSSR count). The SMILES string of the molecule is Cc1cc(CNCC2CC2)oc1C(=O)O. The van der Waals surface area contributed by atoms with Crippen molar-refractivity contribution in [3.8, 4) is 0 Å². The average Bonchev–Trinajstić information content (AvgIpc) is 2.90. The molecule has 1 aromatic heterocycles. The molecular formula is C11H15NO3. The maximum absolute atomic E-state index is 10.7. The Balaban J connectivity index is 1.89. The van der Waals surface area contributed by atoms with Gasteiger partial charge < -0.3 is 14.8 Å². The van der Waals surface area contributed by atoms with Gasteiger partial charge in [0, 0.05) is 5.56 Å². The van der Waals surface area contributed by atoms with Crippen LogP contribution in [-0.4, -0.2) is 17.6 Å². The van der Waals surface area contributed by atoms with Crippen LogP contribution in [0.4, 0.5) is 0 Å². The monoisotopic (exact) mass is 209 g/mol. The largest absolute Gasteiger partial charge is 0.475 e. The molecule has 0 bridgehead atoms. The maximum atomic E-state index is 10.7. The fourth-order valence-corrected chi connectivity index (χ4v) is 1.57. The number of furan rings is 1. The van der Waals surface area contributed by atoms with Gasteiger partial charge in [0.25, 0.3) is 0 Å². The molecule has 82 valence electrons. The van der Waals surface area contributed by atoms with Crippen molar-refractivity contribution >= 4 is 5.97 Å². The van der Waals surface area contributed by atoms with Crippen molar-refractivity contribution in [2.24, 2.45) is 5.92 Å². The number of rotatable bonds is 5. The first kappa shape index (κ1) is 10.2. The van der Waals surface area contributed by atoms with Crippen molar-refractivity contribution < 1.29 is 14.3 Å². The van der Waals surface area contributed by atoms with E-state index in [4.69, 9.17) is 9.52 Å². The Hall–Kier alpha value is -1.29. The van der Waals surface area contributed by atoms with Crippen LogP contribution >= 0.6 is 0 Å². The molecule has 0 spiro atoms. The van der Waals surface area contributed by atoms with Crippen molar-refractivity contribution in [1.29, 1.82) is 0 Å². The van der Waals surface area contributed by atoms with E-state index in [9.17, 15) is 4.79 Å². The molecule has 0 unspecified atom stereocenters. The minimum atomic E-state index is -0.999. The average molecular weight is 209 g/mol. The third-order valence-corrected chi connectivity index (χ3v) is 2.59. The van der Waals surface area contributed by atoms with Crippen LogP contribution in [0.5, 0.6) is 0 Å². The van der Waals surface area contributed by atoms with Crippen molar-refractivity contribution in [2.45, 2.75) is 26.3 Å². The van der Waals surface area contributed by atoms with Gasteiger partial charge in [-0.25, -0.2) is 4.79 Å². The van der Waals surface area contributed by atoms with E-state index in [0.717, 1.165) is 12.5 Å². The summed E-state index contributed by atoms with van der Waals surface area (Å²) in [4.78, 5) is 10.7. The third kappa shape index (κ3) is 2.59. The van der Waals surface area contributed by atoms with E-state index >= 15 is 0 Å². The second kappa shape index (κ2) is 4.06. The molecule has 0 aliphatic heterocycles. The lowest BCUT2D eigenvalue weighted by Crippen LogP contribution is -2.15. The number of nitrogens with one attached hydrogen (secondary N) is 1. The summed E-state index contributed by atoms with van der Waals surface area (Å²) in [6, 6.07) is 1.78. The van der Waals surface area contributed by atoms with Gasteiger partial charge in [0.05, 0.1) is 6.54 Å². The van der Waals surface area contributed by atoms with Crippen molar-refractivity contribution in [3.05, 3.63) is 23.2 Å². The van der Waals surface area contributed by atoms with Gasteiger partial charge in [0.2, 0.25) is 5.76 Å². The van der Waals surface area contributed by atoms with E-state index < -0.39 is 5.97 Å². The number of hydrogen-bond donors (Lipinski definition) is 2. The highest BCUT2D eigenvalue weighted by molar-refractivity contribution is 5.86. The number of carboxylic acids is 1. The summed E-state index contributed by atoms with van der Waals surface area (Å²) in [7, 11) is 0. The molecular weight excluding hydrogens is 194 g/mol. The van der Waals surface area contributed by atoms with Crippen LogP contribution in [-0.2, 0) is 6.54 Å². The number of hydrogen-bond acceptors (Lipinski definition) is 3. The van der Waals surface area contributed by atoms with Crippen LogP contribution in [0.2, 0.25) is 0 Å². The van der Waals surface area contributed by atoms with E-state index in [2.05, 4.69) is 5.32 Å². The number of aryl methyl sites for hydroxylation is 1. The molecule has 0 amide bonds. The van der Waals surface area contributed by atoms with Gasteiger partial charge in [0.15, 0.2) is 0 Å². The summed E-state index contributed by atoms with van der Waals surface area (Å²) in [5, 5.41) is 12.0. The summed E-state index contributed by atoms with van der Waals surface area (Å²) in [5.74, 6) is 0.574. The molecule has 1 aliphatic rings. The zero-order chi connectivity index (χ0) is 10.8. The smallest absolute Gasteiger partial charge is 0.372 e. The third-order valence-electron chi connectivity index (χ3n) is 2.59. The van der Waals surface area contributed by atoms with Crippen LogP contribution in [0, 0.1) is 12.8 Å². The molecule has 0 saturated heterocycles. The van der Waals surface area contributed by atoms with Crippen LogP contribution in [0.25, 0.3) is 0 Å². The van der Waals surface area contributed by atoms with E-state index in [1.54, 1.807) is 13.0 Å². The topological polar surface area (TPSA) is 62.5 Å².